The van der Waals surface area contributed by atoms with Crippen LogP contribution in [-0.2, 0) is 4.74 Å². The summed E-state index contributed by atoms with van der Waals surface area (Å²) in [5, 5.41) is 16.0. The molecule has 10 nitrogen and oxygen atoms in total. The Kier molecular flexibility index (Phi) is 7.61. The molecule has 168 valence electrons. The van der Waals surface area contributed by atoms with Crippen LogP contribution in [0.4, 0.5) is 5.82 Å². The van der Waals surface area contributed by atoms with Crippen molar-refractivity contribution in [1.82, 2.24) is 20.0 Å². The molecular formula is C21H30N6O4. The SMILES string of the molecule is Cc1ccc(C(=O)NC2CC2)cc1-n1ncc(C(=O)O)c1N.NCCN1CCOCC1. The Hall–Kier alpha value is -2.95. The Bertz CT molecular complexity index is 916. The molecule has 1 saturated heterocycles. The fraction of sp³-hybridized carbons (Fsp3) is 0.476. The summed E-state index contributed by atoms with van der Waals surface area (Å²) in [5.41, 5.74) is 13.1. The number of amides is 1. The molecule has 2 aliphatic rings. The smallest absolute Gasteiger partial charge is 0.341 e. The van der Waals surface area contributed by atoms with E-state index in [9.17, 15) is 9.59 Å². The molecule has 0 bridgehead atoms. The number of morpholine rings is 1. The molecule has 2 fully saturated rings. The van der Waals surface area contributed by atoms with Gasteiger partial charge < -0.3 is 26.6 Å². The number of ether oxygens (including phenoxy) is 1. The summed E-state index contributed by atoms with van der Waals surface area (Å²) < 4.78 is 6.50. The highest BCUT2D eigenvalue weighted by Gasteiger charge is 2.24. The Labute approximate surface area is 181 Å². The summed E-state index contributed by atoms with van der Waals surface area (Å²) in [6, 6.07) is 5.46. The van der Waals surface area contributed by atoms with Crippen LogP contribution in [0.5, 0.6) is 0 Å². The topological polar surface area (TPSA) is 149 Å². The van der Waals surface area contributed by atoms with Gasteiger partial charge in [-0.1, -0.05) is 6.07 Å². The Balaban J connectivity index is 0.000000254. The van der Waals surface area contributed by atoms with Crippen LogP contribution in [0, 0.1) is 6.92 Å². The van der Waals surface area contributed by atoms with Crippen LogP contribution in [0.1, 0.15) is 39.1 Å². The maximum atomic E-state index is 12.1. The van der Waals surface area contributed by atoms with Crippen molar-refractivity contribution in [2.45, 2.75) is 25.8 Å². The van der Waals surface area contributed by atoms with Gasteiger partial charge in [-0.05, 0) is 37.5 Å². The largest absolute Gasteiger partial charge is 0.477 e. The lowest BCUT2D eigenvalue weighted by Crippen LogP contribution is -2.39. The maximum absolute atomic E-state index is 12.1. The number of nitrogens with one attached hydrogen (secondary N) is 1. The van der Waals surface area contributed by atoms with Crippen molar-refractivity contribution in [3.63, 3.8) is 0 Å². The number of aromatic nitrogens is 2. The first kappa shape index (κ1) is 22.7. The van der Waals surface area contributed by atoms with Crippen molar-refractivity contribution >= 4 is 17.7 Å². The van der Waals surface area contributed by atoms with Gasteiger partial charge in [0.05, 0.1) is 25.1 Å². The third-order valence-corrected chi connectivity index (χ3v) is 5.20. The number of carbonyl (C=O) groups is 2. The number of nitrogens with zero attached hydrogens (tertiary/aromatic N) is 3. The first-order valence-electron chi connectivity index (χ1n) is 10.4. The van der Waals surface area contributed by atoms with Crippen molar-refractivity contribution in [3.05, 3.63) is 41.1 Å². The van der Waals surface area contributed by atoms with E-state index in [-0.39, 0.29) is 23.3 Å². The van der Waals surface area contributed by atoms with Crippen molar-refractivity contribution in [2.24, 2.45) is 5.73 Å². The van der Waals surface area contributed by atoms with E-state index in [1.54, 1.807) is 18.2 Å². The number of carboxylic acids is 1. The number of aromatic carboxylic acids is 1. The number of aryl methyl sites for hydroxylation is 1. The number of hydrogen-bond donors (Lipinski definition) is 4. The zero-order valence-corrected chi connectivity index (χ0v) is 17.7. The minimum Gasteiger partial charge on any atom is -0.477 e. The summed E-state index contributed by atoms with van der Waals surface area (Å²) >= 11 is 0. The summed E-state index contributed by atoms with van der Waals surface area (Å²) in [5.74, 6) is -1.24. The zero-order valence-electron chi connectivity index (χ0n) is 17.7. The van der Waals surface area contributed by atoms with Crippen LogP contribution in [0.15, 0.2) is 24.4 Å². The lowest BCUT2D eigenvalue weighted by atomic mass is 10.1. The number of nitrogens with two attached hydrogens (primary N) is 2. The predicted molar refractivity (Wildman–Crippen MR) is 116 cm³/mol. The van der Waals surface area contributed by atoms with Gasteiger partial charge in [0, 0.05) is 37.8 Å². The van der Waals surface area contributed by atoms with Gasteiger partial charge in [-0.3, -0.25) is 9.69 Å². The van der Waals surface area contributed by atoms with E-state index in [1.807, 2.05) is 6.92 Å². The van der Waals surface area contributed by atoms with E-state index < -0.39 is 5.97 Å². The highest BCUT2D eigenvalue weighted by molar-refractivity contribution is 5.95. The molecule has 0 spiro atoms. The molecule has 1 saturated carbocycles. The number of nitrogen functional groups attached to an aromatic ring is 1. The van der Waals surface area contributed by atoms with Crippen molar-refractivity contribution in [3.8, 4) is 5.69 Å². The van der Waals surface area contributed by atoms with Crippen molar-refractivity contribution in [2.75, 3.05) is 45.1 Å². The molecule has 0 radical (unpaired) electrons. The molecule has 6 N–H and O–H groups in total. The molecule has 10 heteroatoms. The molecular weight excluding hydrogens is 400 g/mol. The normalized spacial score (nSPS) is 16.3. The molecule has 1 aromatic heterocycles. The monoisotopic (exact) mass is 430 g/mol. The molecule has 2 heterocycles. The third kappa shape index (κ3) is 6.03. The van der Waals surface area contributed by atoms with E-state index >= 15 is 0 Å². The summed E-state index contributed by atoms with van der Waals surface area (Å²) in [4.78, 5) is 25.5. The number of anilines is 1. The number of benzene rings is 1. The minimum absolute atomic E-state index is 0.0374. The maximum Gasteiger partial charge on any atom is 0.341 e. The molecule has 31 heavy (non-hydrogen) atoms. The number of carboxylic acid groups (broad SMARTS) is 1. The van der Waals surface area contributed by atoms with E-state index in [4.69, 9.17) is 21.3 Å². The van der Waals surface area contributed by atoms with Gasteiger partial charge in [0.15, 0.2) is 0 Å². The van der Waals surface area contributed by atoms with Crippen molar-refractivity contribution < 1.29 is 19.4 Å². The number of hydrogen-bond acceptors (Lipinski definition) is 7. The fourth-order valence-corrected chi connectivity index (χ4v) is 3.20. The molecule has 1 aromatic carbocycles. The van der Waals surface area contributed by atoms with Crippen LogP contribution in [0.3, 0.4) is 0 Å². The highest BCUT2D eigenvalue weighted by atomic mass is 16.5. The minimum atomic E-state index is -1.14. The Morgan fingerprint density at radius 2 is 2.00 bits per heavy atom. The van der Waals surface area contributed by atoms with Gasteiger partial charge in [0.1, 0.15) is 11.4 Å². The molecule has 2 aromatic rings. The van der Waals surface area contributed by atoms with Crippen LogP contribution < -0.4 is 16.8 Å². The van der Waals surface area contributed by atoms with E-state index in [1.165, 1.54) is 10.9 Å². The second-order valence-electron chi connectivity index (χ2n) is 7.65. The molecule has 1 amide bonds. The summed E-state index contributed by atoms with van der Waals surface area (Å²) in [6.07, 6.45) is 3.23. The second kappa shape index (κ2) is 10.4. The summed E-state index contributed by atoms with van der Waals surface area (Å²) in [7, 11) is 0. The van der Waals surface area contributed by atoms with Crippen LogP contribution in [0.25, 0.3) is 5.69 Å². The van der Waals surface area contributed by atoms with Gasteiger partial charge in [0.2, 0.25) is 0 Å². The average molecular weight is 431 g/mol. The molecule has 4 rings (SSSR count). The molecule has 1 aliphatic carbocycles. The predicted octanol–water partition coefficient (Wildman–Crippen LogP) is 0.631. The Morgan fingerprint density at radius 3 is 2.58 bits per heavy atom. The standard InChI is InChI=1S/C15H16N4O3.C6H14N2O/c1-8-2-3-9(14(20)18-10-4-5-10)6-12(8)19-13(16)11(7-17-19)15(21)22;7-1-2-8-3-5-9-6-4-8/h2-3,6-7,10H,4-5,16H2,1H3,(H,18,20)(H,21,22);1-7H2. The zero-order chi connectivity index (χ0) is 22.4. The third-order valence-electron chi connectivity index (χ3n) is 5.20. The van der Waals surface area contributed by atoms with Crippen LogP contribution in [-0.4, -0.2) is 77.1 Å². The van der Waals surface area contributed by atoms with E-state index in [0.717, 1.165) is 57.8 Å². The first-order valence-corrected chi connectivity index (χ1v) is 10.4. The van der Waals surface area contributed by atoms with E-state index in [2.05, 4.69) is 15.3 Å². The number of rotatable bonds is 6. The highest BCUT2D eigenvalue weighted by Crippen LogP contribution is 2.23. The van der Waals surface area contributed by atoms with Crippen molar-refractivity contribution in [1.29, 1.82) is 0 Å². The first-order chi connectivity index (χ1) is 14.9. The summed E-state index contributed by atoms with van der Waals surface area (Å²) in [6.45, 7) is 7.48. The second-order valence-corrected chi connectivity index (χ2v) is 7.65. The average Bonchev–Trinajstić information content (AvgIpc) is 3.48. The quantitative estimate of drug-likeness (QED) is 0.521. The van der Waals surface area contributed by atoms with Gasteiger partial charge in [-0.15, -0.1) is 0 Å². The van der Waals surface area contributed by atoms with Gasteiger partial charge in [0.25, 0.3) is 5.91 Å². The van der Waals surface area contributed by atoms with Crippen LogP contribution >= 0.6 is 0 Å². The van der Waals surface area contributed by atoms with Gasteiger partial charge >= 0.3 is 5.97 Å². The van der Waals surface area contributed by atoms with E-state index in [0.29, 0.717) is 11.3 Å². The van der Waals surface area contributed by atoms with Crippen LogP contribution in [0.2, 0.25) is 0 Å². The fourth-order valence-electron chi connectivity index (χ4n) is 3.20. The Morgan fingerprint density at radius 1 is 1.29 bits per heavy atom. The lowest BCUT2D eigenvalue weighted by Gasteiger charge is -2.25. The molecule has 0 unspecified atom stereocenters. The van der Waals surface area contributed by atoms with Gasteiger partial charge in [-0.2, -0.15) is 5.10 Å². The molecule has 1 aliphatic heterocycles. The van der Waals surface area contributed by atoms with Gasteiger partial charge in [-0.25, -0.2) is 9.48 Å². The molecule has 0 atom stereocenters. The lowest BCUT2D eigenvalue weighted by molar-refractivity contribution is 0.0394. The number of carbonyl (C=O) groups excluding carboxylic acids is 1.